The third kappa shape index (κ3) is 17.0. The Kier molecular flexibility index (Phi) is 17.1. The highest BCUT2D eigenvalue weighted by Gasteiger charge is 2.05. The monoisotopic (exact) mass is 592 g/mol. The Morgan fingerprint density at radius 3 is 1.24 bits per heavy atom. The molecule has 0 aliphatic carbocycles. The van der Waals surface area contributed by atoms with Crippen LogP contribution >= 0.6 is 0 Å². The molecule has 0 heterocycles. The van der Waals surface area contributed by atoms with Crippen molar-refractivity contribution in [3.05, 3.63) is 48.5 Å². The maximum Gasteiger partial charge on any atom is 0.407 e. The van der Waals surface area contributed by atoms with Gasteiger partial charge in [0, 0.05) is 13.1 Å². The standard InChI is InChI=1S/C30H44N2O10/c1-23(33)21-41-27-11-7-25(8-12-27)37-17-19-39-29(35)31-15-5-3-4-6-16-32-30(36)40-20-18-38-26-9-13-28(14-10-26)42-22-24(2)34/h7-14,23-24,33-34H,3-6,15-22H2,1-2H3,(H,31,35)(H,32,36). The van der Waals surface area contributed by atoms with Crippen molar-refractivity contribution in [1.82, 2.24) is 10.6 Å². The number of hydrogen-bond acceptors (Lipinski definition) is 10. The van der Waals surface area contributed by atoms with Crippen LogP contribution in [0.2, 0.25) is 0 Å². The molecule has 12 nitrogen and oxygen atoms in total. The van der Waals surface area contributed by atoms with Gasteiger partial charge in [0.05, 0.1) is 12.2 Å². The van der Waals surface area contributed by atoms with Gasteiger partial charge in [0.1, 0.15) is 62.6 Å². The van der Waals surface area contributed by atoms with Crippen molar-refractivity contribution in [3.63, 3.8) is 0 Å². The first kappa shape index (κ1) is 34.3. The average molecular weight is 593 g/mol. The summed E-state index contributed by atoms with van der Waals surface area (Å²) in [5.41, 5.74) is 0. The SMILES string of the molecule is CC(O)COc1ccc(OCCOC(=O)NCCCCCCNC(=O)OCCOc2ccc(OCC(C)O)cc2)cc1. The molecule has 0 saturated heterocycles. The Morgan fingerprint density at radius 1 is 0.571 bits per heavy atom. The van der Waals surface area contributed by atoms with Gasteiger partial charge in [0.15, 0.2) is 0 Å². The number of rotatable bonds is 21. The average Bonchev–Trinajstić information content (AvgIpc) is 2.98. The molecule has 2 rings (SSSR count). The van der Waals surface area contributed by atoms with Gasteiger partial charge in [-0.25, -0.2) is 9.59 Å². The molecule has 2 unspecified atom stereocenters. The zero-order valence-corrected chi connectivity index (χ0v) is 24.4. The highest BCUT2D eigenvalue weighted by atomic mass is 16.6. The minimum absolute atomic E-state index is 0.119. The van der Waals surface area contributed by atoms with Gasteiger partial charge in [0.2, 0.25) is 0 Å². The van der Waals surface area contributed by atoms with Crippen molar-refractivity contribution in [2.45, 2.75) is 51.7 Å². The Balaban J connectivity index is 1.37. The summed E-state index contributed by atoms with van der Waals surface area (Å²) in [6, 6.07) is 13.9. The van der Waals surface area contributed by atoms with E-state index in [2.05, 4.69) is 10.6 Å². The third-order valence-corrected chi connectivity index (χ3v) is 5.44. The molecular weight excluding hydrogens is 548 g/mol. The van der Waals surface area contributed by atoms with Gasteiger partial charge in [-0.15, -0.1) is 0 Å². The number of ether oxygens (including phenoxy) is 6. The Labute approximate surface area is 247 Å². The molecule has 0 aliphatic heterocycles. The first-order chi connectivity index (χ1) is 20.3. The first-order valence-corrected chi connectivity index (χ1v) is 14.2. The predicted octanol–water partition coefficient (Wildman–Crippen LogP) is 3.68. The first-order valence-electron chi connectivity index (χ1n) is 14.2. The zero-order chi connectivity index (χ0) is 30.4. The Hall–Kier alpha value is -3.90. The normalized spacial score (nSPS) is 12.0. The molecule has 0 saturated carbocycles. The van der Waals surface area contributed by atoms with E-state index in [0.717, 1.165) is 25.7 Å². The van der Waals surface area contributed by atoms with Crippen molar-refractivity contribution in [1.29, 1.82) is 0 Å². The van der Waals surface area contributed by atoms with Crippen LogP contribution in [-0.2, 0) is 9.47 Å². The van der Waals surface area contributed by atoms with Crippen LogP contribution in [0.3, 0.4) is 0 Å². The van der Waals surface area contributed by atoms with E-state index >= 15 is 0 Å². The molecule has 2 atom stereocenters. The van der Waals surface area contributed by atoms with Crippen LogP contribution in [-0.4, -0.2) is 87.3 Å². The van der Waals surface area contributed by atoms with E-state index in [-0.39, 0.29) is 39.6 Å². The smallest absolute Gasteiger partial charge is 0.407 e. The van der Waals surface area contributed by atoms with Crippen LogP contribution in [0.1, 0.15) is 39.5 Å². The summed E-state index contributed by atoms with van der Waals surface area (Å²) in [6.07, 6.45) is 1.32. The lowest BCUT2D eigenvalue weighted by Crippen LogP contribution is -2.27. The number of nitrogens with one attached hydrogen (secondary N) is 2. The van der Waals surface area contributed by atoms with Gasteiger partial charge in [-0.2, -0.15) is 0 Å². The number of carbonyl (C=O) groups excluding carboxylic acids is 2. The fourth-order valence-electron chi connectivity index (χ4n) is 3.37. The van der Waals surface area contributed by atoms with E-state index in [0.29, 0.717) is 36.1 Å². The molecule has 2 aromatic carbocycles. The maximum atomic E-state index is 11.8. The van der Waals surface area contributed by atoms with Crippen molar-refractivity contribution in [2.24, 2.45) is 0 Å². The van der Waals surface area contributed by atoms with Crippen LogP contribution < -0.4 is 29.6 Å². The van der Waals surface area contributed by atoms with E-state index in [1.165, 1.54) is 0 Å². The maximum absolute atomic E-state index is 11.8. The second-order valence-electron chi connectivity index (χ2n) is 9.50. The summed E-state index contributed by atoms with van der Waals surface area (Å²) in [5, 5.41) is 23.9. The van der Waals surface area contributed by atoms with E-state index in [1.807, 2.05) is 0 Å². The number of alkyl carbamates (subject to hydrolysis) is 2. The van der Waals surface area contributed by atoms with Crippen molar-refractivity contribution < 1.29 is 48.2 Å². The van der Waals surface area contributed by atoms with Gasteiger partial charge < -0.3 is 49.3 Å². The molecule has 0 radical (unpaired) electrons. The second kappa shape index (κ2) is 20.9. The van der Waals surface area contributed by atoms with E-state index in [1.54, 1.807) is 62.4 Å². The quantitative estimate of drug-likeness (QED) is 0.158. The molecule has 42 heavy (non-hydrogen) atoms. The van der Waals surface area contributed by atoms with Crippen LogP contribution in [0.4, 0.5) is 9.59 Å². The van der Waals surface area contributed by atoms with Crippen LogP contribution in [0.15, 0.2) is 48.5 Å². The van der Waals surface area contributed by atoms with E-state index < -0.39 is 24.4 Å². The van der Waals surface area contributed by atoms with Gasteiger partial charge in [-0.05, 0) is 75.2 Å². The molecule has 234 valence electrons. The highest BCUT2D eigenvalue weighted by molar-refractivity contribution is 5.67. The largest absolute Gasteiger partial charge is 0.491 e. The Bertz CT molecular complexity index is 919. The molecule has 0 aromatic heterocycles. The number of benzene rings is 2. The lowest BCUT2D eigenvalue weighted by molar-refractivity contribution is 0.122. The summed E-state index contributed by atoms with van der Waals surface area (Å²) in [4.78, 5) is 23.5. The van der Waals surface area contributed by atoms with Crippen molar-refractivity contribution in [2.75, 3.05) is 52.7 Å². The molecular formula is C30H44N2O10. The van der Waals surface area contributed by atoms with Gasteiger partial charge in [0.25, 0.3) is 0 Å². The van der Waals surface area contributed by atoms with Crippen molar-refractivity contribution in [3.8, 4) is 23.0 Å². The number of aliphatic hydroxyl groups is 2. The molecule has 12 heteroatoms. The predicted molar refractivity (Wildman–Crippen MR) is 155 cm³/mol. The Morgan fingerprint density at radius 2 is 0.905 bits per heavy atom. The summed E-state index contributed by atoms with van der Waals surface area (Å²) in [6.45, 7) is 5.42. The number of hydrogen-bond donors (Lipinski definition) is 4. The zero-order valence-electron chi connectivity index (χ0n) is 24.4. The fourth-order valence-corrected chi connectivity index (χ4v) is 3.37. The summed E-state index contributed by atoms with van der Waals surface area (Å²) < 4.78 is 32.0. The van der Waals surface area contributed by atoms with Gasteiger partial charge >= 0.3 is 12.2 Å². The van der Waals surface area contributed by atoms with Gasteiger partial charge in [-0.3, -0.25) is 0 Å². The lowest BCUT2D eigenvalue weighted by Gasteiger charge is -2.11. The summed E-state index contributed by atoms with van der Waals surface area (Å²) in [5.74, 6) is 2.52. The minimum atomic E-state index is -0.538. The van der Waals surface area contributed by atoms with Gasteiger partial charge in [-0.1, -0.05) is 12.8 Å². The number of carbonyl (C=O) groups is 2. The lowest BCUT2D eigenvalue weighted by atomic mass is 10.2. The molecule has 0 bridgehead atoms. The molecule has 2 amide bonds. The van der Waals surface area contributed by atoms with Crippen LogP contribution in [0.5, 0.6) is 23.0 Å². The van der Waals surface area contributed by atoms with Crippen LogP contribution in [0.25, 0.3) is 0 Å². The molecule has 0 aliphatic rings. The second-order valence-corrected chi connectivity index (χ2v) is 9.50. The molecule has 0 spiro atoms. The van der Waals surface area contributed by atoms with E-state index in [9.17, 15) is 19.8 Å². The van der Waals surface area contributed by atoms with Crippen LogP contribution in [0, 0.1) is 0 Å². The highest BCUT2D eigenvalue weighted by Crippen LogP contribution is 2.18. The third-order valence-electron chi connectivity index (χ3n) is 5.44. The van der Waals surface area contributed by atoms with E-state index in [4.69, 9.17) is 28.4 Å². The molecule has 4 N–H and O–H groups in total. The molecule has 2 aromatic rings. The number of amides is 2. The topological polar surface area (TPSA) is 154 Å². The summed E-state index contributed by atoms with van der Waals surface area (Å²) >= 11 is 0. The summed E-state index contributed by atoms with van der Waals surface area (Å²) in [7, 11) is 0. The molecule has 0 fully saturated rings. The number of aliphatic hydroxyl groups excluding tert-OH is 2. The minimum Gasteiger partial charge on any atom is -0.491 e. The number of unbranched alkanes of at least 4 members (excludes halogenated alkanes) is 3. The fraction of sp³-hybridized carbons (Fsp3) is 0.533. The van der Waals surface area contributed by atoms with Crippen molar-refractivity contribution >= 4 is 12.2 Å².